The first-order valence-corrected chi connectivity index (χ1v) is 11.3. The number of carbonyl (C=O) groups is 1. The lowest BCUT2D eigenvalue weighted by Crippen LogP contribution is -2.16. The Morgan fingerprint density at radius 3 is 2.59 bits per heavy atom. The van der Waals surface area contributed by atoms with Crippen LogP contribution in [0.4, 0.5) is 11.6 Å². The predicted molar refractivity (Wildman–Crippen MR) is 115 cm³/mol. The quantitative estimate of drug-likeness (QED) is 0.419. The Hall–Kier alpha value is -3.41. The first-order chi connectivity index (χ1) is 15.6. The van der Waals surface area contributed by atoms with E-state index >= 15 is 0 Å². The third-order valence-corrected chi connectivity index (χ3v) is 6.73. The van der Waals surface area contributed by atoms with Crippen LogP contribution in [-0.2, 0) is 0 Å². The highest BCUT2D eigenvalue weighted by Crippen LogP contribution is 2.39. The lowest BCUT2D eigenvalue weighted by atomic mass is 10.0. The number of amides is 1. The maximum Gasteiger partial charge on any atom is 0.270 e. The van der Waals surface area contributed by atoms with Crippen molar-refractivity contribution >= 4 is 29.3 Å². The third kappa shape index (κ3) is 4.31. The summed E-state index contributed by atoms with van der Waals surface area (Å²) >= 11 is 1.20. The minimum atomic E-state index is -0.535. The number of rotatable bonds is 7. The molecule has 32 heavy (non-hydrogen) atoms. The van der Waals surface area contributed by atoms with Crippen LogP contribution >= 0.6 is 11.8 Å². The number of carbonyl (C=O) groups excluding carboxylic acids is 1. The molecule has 2 fully saturated rings. The first-order valence-electron chi connectivity index (χ1n) is 10.5. The number of anilines is 1. The Morgan fingerprint density at radius 1 is 1.16 bits per heavy atom. The molecular weight excluding hydrogens is 432 g/mol. The highest BCUT2D eigenvalue weighted by Gasteiger charge is 2.29. The van der Waals surface area contributed by atoms with Crippen molar-refractivity contribution in [3.05, 3.63) is 51.8 Å². The number of hydrogen-bond donors (Lipinski definition) is 1. The Labute approximate surface area is 187 Å². The molecule has 0 saturated heterocycles. The van der Waals surface area contributed by atoms with Crippen molar-refractivity contribution in [1.29, 1.82) is 0 Å². The monoisotopic (exact) mass is 452 g/mol. The van der Waals surface area contributed by atoms with E-state index in [0.717, 1.165) is 31.2 Å². The van der Waals surface area contributed by atoms with E-state index in [4.69, 9.17) is 0 Å². The molecule has 1 N–H and O–H groups in total. The van der Waals surface area contributed by atoms with Gasteiger partial charge in [-0.15, -0.1) is 5.10 Å². The number of hydrogen-bond acceptors (Lipinski definition) is 9. The Kier molecular flexibility index (Phi) is 5.52. The largest absolute Gasteiger partial charge is 0.290 e. The fourth-order valence-electron chi connectivity index (χ4n) is 3.84. The number of non-ortho nitro benzene ring substituents is 1. The molecule has 12 heteroatoms. The molecule has 3 aromatic rings. The third-order valence-electron chi connectivity index (χ3n) is 5.70. The van der Waals surface area contributed by atoms with Crippen LogP contribution in [0.15, 0.2) is 40.6 Å². The van der Waals surface area contributed by atoms with Crippen LogP contribution in [0.2, 0.25) is 0 Å². The van der Waals surface area contributed by atoms with Crippen molar-refractivity contribution in [3.63, 3.8) is 0 Å². The van der Waals surface area contributed by atoms with Crippen molar-refractivity contribution in [3.8, 4) is 0 Å². The van der Waals surface area contributed by atoms with E-state index in [1.54, 1.807) is 17.1 Å². The molecule has 164 valence electrons. The van der Waals surface area contributed by atoms with Crippen molar-refractivity contribution in [2.24, 2.45) is 0 Å². The molecule has 0 bridgehead atoms. The summed E-state index contributed by atoms with van der Waals surface area (Å²) in [7, 11) is 0. The molecule has 2 aliphatic rings. The van der Waals surface area contributed by atoms with Crippen LogP contribution < -0.4 is 5.32 Å². The number of nitro groups is 1. The average molecular weight is 453 g/mol. The maximum absolute atomic E-state index is 13.0. The van der Waals surface area contributed by atoms with Gasteiger partial charge in [0, 0.05) is 29.4 Å². The van der Waals surface area contributed by atoms with Gasteiger partial charge < -0.3 is 0 Å². The lowest BCUT2D eigenvalue weighted by Gasteiger charge is -2.11. The van der Waals surface area contributed by atoms with Gasteiger partial charge in [0.15, 0.2) is 0 Å². The zero-order chi connectivity index (χ0) is 22.1. The van der Waals surface area contributed by atoms with Crippen LogP contribution in [0.1, 0.15) is 66.4 Å². The minimum absolute atomic E-state index is 0.137. The van der Waals surface area contributed by atoms with Gasteiger partial charge >= 0.3 is 0 Å². The van der Waals surface area contributed by atoms with Crippen molar-refractivity contribution in [2.45, 2.75) is 60.5 Å². The summed E-state index contributed by atoms with van der Waals surface area (Å²) in [5.41, 5.74) is 1.02. The van der Waals surface area contributed by atoms with Gasteiger partial charge in [0.25, 0.3) is 11.6 Å². The average Bonchev–Trinajstić information content (AvgIpc) is 3.29. The molecule has 0 radical (unpaired) electrons. The fraction of sp³-hybridized carbons (Fsp3) is 0.400. The summed E-state index contributed by atoms with van der Waals surface area (Å²) < 4.78 is 1.72. The number of tetrazole rings is 1. The van der Waals surface area contributed by atoms with Gasteiger partial charge in [-0.25, -0.2) is 14.6 Å². The van der Waals surface area contributed by atoms with Crippen LogP contribution in [0.25, 0.3) is 0 Å². The van der Waals surface area contributed by atoms with Crippen molar-refractivity contribution < 1.29 is 9.72 Å². The van der Waals surface area contributed by atoms with Crippen molar-refractivity contribution in [2.75, 3.05) is 5.32 Å². The van der Waals surface area contributed by atoms with Crippen molar-refractivity contribution in [1.82, 2.24) is 30.2 Å². The molecule has 11 nitrogen and oxygen atoms in total. The maximum atomic E-state index is 13.0. The van der Waals surface area contributed by atoms with Gasteiger partial charge in [-0.1, -0.05) is 12.8 Å². The normalized spacial score (nSPS) is 16.2. The molecule has 0 atom stereocenters. The van der Waals surface area contributed by atoms with Gasteiger partial charge in [-0.2, -0.15) is 0 Å². The van der Waals surface area contributed by atoms with E-state index < -0.39 is 10.8 Å². The highest BCUT2D eigenvalue weighted by atomic mass is 32.2. The molecular formula is C20H20N8O3S. The summed E-state index contributed by atoms with van der Waals surface area (Å²) in [5, 5.41) is 26.2. The number of benzene rings is 1. The van der Waals surface area contributed by atoms with Gasteiger partial charge in [0.05, 0.1) is 16.5 Å². The molecule has 5 rings (SSSR count). The van der Waals surface area contributed by atoms with Crippen LogP contribution in [0.3, 0.4) is 0 Å². The minimum Gasteiger partial charge on any atom is -0.290 e. The van der Waals surface area contributed by atoms with Crippen LogP contribution in [0, 0.1) is 10.1 Å². The van der Waals surface area contributed by atoms with Gasteiger partial charge in [-0.05, 0) is 65.4 Å². The van der Waals surface area contributed by atoms with E-state index in [1.807, 2.05) is 0 Å². The van der Waals surface area contributed by atoms with E-state index in [-0.39, 0.29) is 23.2 Å². The Balaban J connectivity index is 1.39. The Morgan fingerprint density at radius 2 is 1.91 bits per heavy atom. The number of nitrogens with zero attached hydrogens (tertiary/aromatic N) is 7. The topological polar surface area (TPSA) is 142 Å². The molecule has 2 heterocycles. The second-order valence-electron chi connectivity index (χ2n) is 7.95. The second kappa shape index (κ2) is 8.61. The van der Waals surface area contributed by atoms with E-state index in [2.05, 4.69) is 30.8 Å². The fourth-order valence-corrected chi connectivity index (χ4v) is 4.79. The smallest absolute Gasteiger partial charge is 0.270 e. The summed E-state index contributed by atoms with van der Waals surface area (Å²) in [6.45, 7) is 0. The number of nitrogens with one attached hydrogen (secondary N) is 1. The molecule has 2 saturated carbocycles. The molecule has 0 spiro atoms. The molecule has 0 aliphatic heterocycles. The SMILES string of the molecule is O=C(Nc1ncc(C2CCCC2)cn1)c1cc([N+](=O)[O-])ccc1Sc1nnnn1C1CC1. The lowest BCUT2D eigenvalue weighted by molar-refractivity contribution is -0.384. The van der Waals surface area contributed by atoms with Gasteiger partial charge in [0.2, 0.25) is 11.1 Å². The first kappa shape index (κ1) is 20.5. The second-order valence-corrected chi connectivity index (χ2v) is 8.96. The Bertz CT molecular complexity index is 1160. The molecule has 2 aliphatic carbocycles. The van der Waals surface area contributed by atoms with Crippen LogP contribution in [0.5, 0.6) is 0 Å². The van der Waals surface area contributed by atoms with E-state index in [0.29, 0.717) is 16.0 Å². The standard InChI is InChI=1S/C20H20N8O3S/c29-18(23-19-21-10-13(11-22-19)12-3-1-2-4-12)16-9-15(28(30)31)7-8-17(16)32-20-24-25-26-27(20)14-5-6-14/h7-12,14H,1-6H2,(H,21,22,23,29). The zero-order valence-electron chi connectivity index (χ0n) is 17.0. The van der Waals surface area contributed by atoms with E-state index in [1.165, 1.54) is 42.8 Å². The summed E-state index contributed by atoms with van der Waals surface area (Å²) in [6.07, 6.45) is 10.2. The number of nitro benzene ring substituents is 1. The predicted octanol–water partition coefficient (Wildman–Crippen LogP) is 3.77. The summed E-state index contributed by atoms with van der Waals surface area (Å²) in [6, 6.07) is 4.40. The number of aromatic nitrogens is 6. The summed E-state index contributed by atoms with van der Waals surface area (Å²) in [5.74, 6) is 0.0919. The zero-order valence-corrected chi connectivity index (χ0v) is 17.9. The van der Waals surface area contributed by atoms with Gasteiger partial charge in [0.1, 0.15) is 0 Å². The van der Waals surface area contributed by atoms with Crippen LogP contribution in [-0.4, -0.2) is 41.0 Å². The summed E-state index contributed by atoms with van der Waals surface area (Å²) in [4.78, 5) is 32.8. The molecule has 0 unspecified atom stereocenters. The highest BCUT2D eigenvalue weighted by molar-refractivity contribution is 7.99. The molecule has 2 aromatic heterocycles. The molecule has 1 amide bonds. The van der Waals surface area contributed by atoms with E-state index in [9.17, 15) is 14.9 Å². The van der Waals surface area contributed by atoms with Gasteiger partial charge in [-0.3, -0.25) is 20.2 Å². The molecule has 1 aromatic carbocycles.